The van der Waals surface area contributed by atoms with E-state index in [9.17, 15) is 25.2 Å². The number of aliphatic hydroxyl groups excluding tert-OH is 3. The zero-order valence-corrected chi connectivity index (χ0v) is 15.8. The number of aliphatic hydroxyl groups is 4. The fourth-order valence-electron chi connectivity index (χ4n) is 7.42. The van der Waals surface area contributed by atoms with Gasteiger partial charge in [0.25, 0.3) is 0 Å². The molecule has 0 radical (unpaired) electrons. The van der Waals surface area contributed by atoms with Gasteiger partial charge in [-0.2, -0.15) is 0 Å². The van der Waals surface area contributed by atoms with Crippen LogP contribution in [0.4, 0.5) is 0 Å². The second-order valence-corrected chi connectivity index (χ2v) is 9.74. The maximum absolute atomic E-state index is 11.9. The molecule has 0 spiro atoms. The summed E-state index contributed by atoms with van der Waals surface area (Å²) in [6.07, 6.45) is 4.92. The summed E-state index contributed by atoms with van der Waals surface area (Å²) in [6.45, 7) is 3.73. The number of hydrogen-bond acceptors (Lipinski definition) is 5. The van der Waals surface area contributed by atoms with Crippen LogP contribution < -0.4 is 0 Å². The Kier molecular flexibility index (Phi) is 4.20. The number of hydrogen-bond donors (Lipinski definition) is 4. The molecule has 0 aliphatic heterocycles. The fraction of sp³-hybridized carbons (Fsp3) is 0.857. The highest BCUT2D eigenvalue weighted by Gasteiger charge is 2.67. The first kappa shape index (κ1) is 18.6. The molecule has 4 aliphatic rings. The highest BCUT2D eigenvalue weighted by Crippen LogP contribution is 2.67. The maximum Gasteiger partial charge on any atom is 0.155 e. The lowest BCUT2D eigenvalue weighted by atomic mass is 9.45. The van der Waals surface area contributed by atoms with Crippen molar-refractivity contribution in [2.75, 3.05) is 6.61 Å². The zero-order chi connectivity index (χ0) is 18.9. The van der Waals surface area contributed by atoms with Crippen molar-refractivity contribution < 1.29 is 25.2 Å². The lowest BCUT2D eigenvalue weighted by Crippen LogP contribution is -2.63. The first-order valence-electron chi connectivity index (χ1n) is 10.1. The van der Waals surface area contributed by atoms with Gasteiger partial charge >= 0.3 is 0 Å². The van der Waals surface area contributed by atoms with Crippen molar-refractivity contribution in [1.29, 1.82) is 0 Å². The van der Waals surface area contributed by atoms with Gasteiger partial charge in [-0.15, -0.1) is 0 Å². The summed E-state index contributed by atoms with van der Waals surface area (Å²) < 4.78 is 0. The van der Waals surface area contributed by atoms with E-state index in [-0.39, 0.29) is 29.0 Å². The first-order chi connectivity index (χ1) is 12.2. The smallest absolute Gasteiger partial charge is 0.155 e. The van der Waals surface area contributed by atoms with Crippen LogP contribution in [0.15, 0.2) is 11.6 Å². The molecule has 5 nitrogen and oxygen atoms in total. The topological polar surface area (TPSA) is 98.0 Å². The molecule has 26 heavy (non-hydrogen) atoms. The van der Waals surface area contributed by atoms with E-state index in [1.54, 1.807) is 0 Å². The van der Waals surface area contributed by atoms with Crippen LogP contribution in [0, 0.1) is 28.6 Å². The molecular formula is C21H32O5. The summed E-state index contributed by atoms with van der Waals surface area (Å²) in [6, 6.07) is 0. The minimum atomic E-state index is -1.35. The van der Waals surface area contributed by atoms with Crippen LogP contribution in [-0.4, -0.2) is 50.6 Å². The third kappa shape index (κ3) is 2.20. The van der Waals surface area contributed by atoms with E-state index < -0.39 is 29.8 Å². The van der Waals surface area contributed by atoms with Gasteiger partial charge in [-0.1, -0.05) is 19.4 Å². The maximum atomic E-state index is 11.9. The van der Waals surface area contributed by atoms with Crippen molar-refractivity contribution in [2.24, 2.45) is 28.6 Å². The largest absolute Gasteiger partial charge is 0.394 e. The van der Waals surface area contributed by atoms with Crippen molar-refractivity contribution in [1.82, 2.24) is 0 Å². The number of allylic oxidation sites excluding steroid dienone is 1. The molecule has 8 atom stereocenters. The lowest BCUT2D eigenvalue weighted by molar-refractivity contribution is -0.207. The van der Waals surface area contributed by atoms with Gasteiger partial charge in [-0.25, -0.2) is 0 Å². The quantitative estimate of drug-likeness (QED) is 0.596. The van der Waals surface area contributed by atoms with E-state index >= 15 is 0 Å². The number of carbonyl (C=O) groups is 1. The molecule has 146 valence electrons. The number of fused-ring (bicyclic) bond motifs is 5. The Hall–Kier alpha value is -0.750. The van der Waals surface area contributed by atoms with Crippen LogP contribution in [0.3, 0.4) is 0 Å². The van der Waals surface area contributed by atoms with E-state index in [4.69, 9.17) is 0 Å². The highest BCUT2D eigenvalue weighted by atomic mass is 16.4. The molecule has 0 heterocycles. The van der Waals surface area contributed by atoms with Crippen LogP contribution in [0.1, 0.15) is 58.8 Å². The Morgan fingerprint density at radius 1 is 1.23 bits per heavy atom. The van der Waals surface area contributed by atoms with Crippen LogP contribution >= 0.6 is 0 Å². The Balaban J connectivity index is 1.72. The Morgan fingerprint density at radius 3 is 2.65 bits per heavy atom. The molecule has 0 amide bonds. The normalized spacial score (nSPS) is 51.9. The summed E-state index contributed by atoms with van der Waals surface area (Å²) in [5.74, 6) is 0.798. The van der Waals surface area contributed by atoms with E-state index in [0.717, 1.165) is 25.7 Å². The molecule has 0 bridgehead atoms. The number of ketones is 1. The predicted octanol–water partition coefficient (Wildman–Crippen LogP) is 1.57. The zero-order valence-electron chi connectivity index (χ0n) is 15.8. The van der Waals surface area contributed by atoms with Gasteiger partial charge in [-0.3, -0.25) is 4.79 Å². The first-order valence-corrected chi connectivity index (χ1v) is 10.1. The Labute approximate surface area is 155 Å². The lowest BCUT2D eigenvalue weighted by Gasteiger charge is -2.61. The molecule has 3 saturated carbocycles. The molecule has 0 aromatic carbocycles. The second kappa shape index (κ2) is 5.87. The van der Waals surface area contributed by atoms with Crippen LogP contribution in [0.5, 0.6) is 0 Å². The van der Waals surface area contributed by atoms with Gasteiger partial charge < -0.3 is 20.4 Å². The molecule has 0 aromatic rings. The molecule has 1 unspecified atom stereocenters. The summed E-state index contributed by atoms with van der Waals surface area (Å²) in [7, 11) is 0. The Morgan fingerprint density at radius 2 is 1.96 bits per heavy atom. The van der Waals surface area contributed by atoms with Gasteiger partial charge in [0.05, 0.1) is 18.3 Å². The average molecular weight is 364 g/mol. The number of rotatable bonds is 2. The molecular weight excluding hydrogens is 332 g/mol. The summed E-state index contributed by atoms with van der Waals surface area (Å²) in [5.41, 5.74) is -0.898. The summed E-state index contributed by atoms with van der Waals surface area (Å²) in [5, 5.41) is 42.3. The molecule has 5 heteroatoms. The Bertz CT molecular complexity index is 644. The summed E-state index contributed by atoms with van der Waals surface area (Å²) in [4.78, 5) is 11.9. The van der Waals surface area contributed by atoms with Crippen molar-refractivity contribution in [3.05, 3.63) is 11.6 Å². The van der Waals surface area contributed by atoms with E-state index in [2.05, 4.69) is 6.92 Å². The van der Waals surface area contributed by atoms with Gasteiger partial charge in [0, 0.05) is 11.8 Å². The minimum Gasteiger partial charge on any atom is -0.394 e. The molecule has 3 fully saturated rings. The highest BCUT2D eigenvalue weighted by molar-refractivity contribution is 5.91. The van der Waals surface area contributed by atoms with Gasteiger partial charge in [0.1, 0.15) is 6.10 Å². The molecule has 4 aliphatic carbocycles. The molecule has 4 rings (SSSR count). The molecule has 0 saturated heterocycles. The molecule has 4 N–H and O–H groups in total. The van der Waals surface area contributed by atoms with Gasteiger partial charge in [0.2, 0.25) is 0 Å². The van der Waals surface area contributed by atoms with Crippen molar-refractivity contribution in [3.63, 3.8) is 0 Å². The second-order valence-electron chi connectivity index (χ2n) is 9.74. The monoisotopic (exact) mass is 364 g/mol. The van der Waals surface area contributed by atoms with E-state index in [1.165, 1.54) is 5.57 Å². The fourth-order valence-corrected chi connectivity index (χ4v) is 7.42. The van der Waals surface area contributed by atoms with Crippen molar-refractivity contribution >= 4 is 5.78 Å². The van der Waals surface area contributed by atoms with E-state index in [1.807, 2.05) is 13.0 Å². The van der Waals surface area contributed by atoms with Crippen LogP contribution in [0.2, 0.25) is 0 Å². The third-order valence-electron chi connectivity index (χ3n) is 8.84. The molecule has 0 aromatic heterocycles. The van der Waals surface area contributed by atoms with E-state index in [0.29, 0.717) is 19.3 Å². The van der Waals surface area contributed by atoms with Crippen molar-refractivity contribution in [2.45, 2.75) is 76.6 Å². The van der Waals surface area contributed by atoms with Gasteiger partial charge in [-0.05, 0) is 67.8 Å². The predicted molar refractivity (Wildman–Crippen MR) is 96.1 cm³/mol. The van der Waals surface area contributed by atoms with Crippen molar-refractivity contribution in [3.8, 4) is 0 Å². The minimum absolute atomic E-state index is 0.0993. The number of carbonyl (C=O) groups excluding carboxylic acids is 1. The van der Waals surface area contributed by atoms with Crippen LogP contribution in [0.25, 0.3) is 0 Å². The van der Waals surface area contributed by atoms with Crippen LogP contribution in [-0.2, 0) is 4.79 Å². The van der Waals surface area contributed by atoms with Gasteiger partial charge in [0.15, 0.2) is 5.78 Å². The average Bonchev–Trinajstić information content (AvgIpc) is 2.86. The summed E-state index contributed by atoms with van der Waals surface area (Å²) >= 11 is 0. The standard InChI is InChI=1S/C21H32O5/c1-19-7-5-13(23)9-12(19)3-4-14-15-6-8-21(26,17(25)11-22)20(15,2)10-16(24)18(14)19/h9,14-18,22,24-26H,3-8,10-11H2,1-2H3/t14-,15-,16-,17?,18+,19-,20-,21+/m0/s1. The third-order valence-corrected chi connectivity index (χ3v) is 8.84. The SMILES string of the molecule is C[C@]12CCC(=O)C=C1CC[C@@H]1[C@@H]2[C@@H](O)C[C@@]2(C)[C@H]1CC[C@@]2(O)C(O)CO.